The second-order valence-electron chi connectivity index (χ2n) is 35.7. The van der Waals surface area contributed by atoms with Crippen molar-refractivity contribution in [2.45, 2.75) is 230 Å². The highest BCUT2D eigenvalue weighted by Gasteiger charge is 2.53. The molecule has 1 aliphatic carbocycles. The Balaban J connectivity index is 0.518. The Morgan fingerprint density at radius 1 is 0.718 bits per heavy atom. The van der Waals surface area contributed by atoms with E-state index in [2.05, 4.69) is 48.7 Å². The van der Waals surface area contributed by atoms with Crippen molar-refractivity contribution in [3.05, 3.63) is 107 Å². The number of rotatable bonds is 34. The second-order valence-corrected chi connectivity index (χ2v) is 35.7. The Morgan fingerprint density at radius 2 is 1.43 bits per heavy atom. The number of ketones is 2. The van der Waals surface area contributed by atoms with Gasteiger partial charge in [0.25, 0.3) is 17.7 Å². The molecule has 3 aromatic heterocycles. The number of methoxy groups -OCH3 is 3. The predicted octanol–water partition coefficient (Wildman–Crippen LogP) is 7.21. The molecule has 131 heavy (non-hydrogen) atoms. The molecule has 11 rings (SSSR count). The van der Waals surface area contributed by atoms with Gasteiger partial charge in [-0.05, 0) is 155 Å². The van der Waals surface area contributed by atoms with Gasteiger partial charge < -0.3 is 114 Å². The summed E-state index contributed by atoms with van der Waals surface area (Å²) in [5.74, 6) is -7.60. The van der Waals surface area contributed by atoms with Crippen LogP contribution in [0.5, 0.6) is 0 Å². The first kappa shape index (κ1) is 102. The molecular formula is C95H139N13O23. The molecule has 722 valence electrons. The van der Waals surface area contributed by atoms with Gasteiger partial charge in [0, 0.05) is 115 Å². The van der Waals surface area contributed by atoms with E-state index < -0.39 is 108 Å². The minimum Gasteiger partial charge on any atom is -0.459 e. The van der Waals surface area contributed by atoms with E-state index in [-0.39, 0.29) is 107 Å². The lowest BCUT2D eigenvalue weighted by atomic mass is 9.80. The minimum absolute atomic E-state index is 0.0195. The van der Waals surface area contributed by atoms with E-state index in [4.69, 9.17) is 83.6 Å². The number of carbonyl (C=O) groups excluding carboxylic acids is 7. The van der Waals surface area contributed by atoms with Crippen LogP contribution in [0.4, 0.5) is 16.6 Å². The lowest BCUT2D eigenvalue weighted by molar-refractivity contribution is -0.265. The number of esters is 1. The van der Waals surface area contributed by atoms with Crippen molar-refractivity contribution in [3.63, 3.8) is 0 Å². The smallest absolute Gasteiger partial charge is 0.407 e. The van der Waals surface area contributed by atoms with E-state index in [1.807, 2.05) is 65.9 Å². The van der Waals surface area contributed by atoms with Crippen molar-refractivity contribution >= 4 is 75.3 Å². The molecule has 16 atom stereocenters. The van der Waals surface area contributed by atoms with Gasteiger partial charge in [-0.25, -0.2) is 24.2 Å². The minimum atomic E-state index is -2.49. The Bertz CT molecular complexity index is 4690. The van der Waals surface area contributed by atoms with Crippen LogP contribution in [0, 0.1) is 29.6 Å². The number of piperidine rings is 2. The van der Waals surface area contributed by atoms with Crippen molar-refractivity contribution < 1.29 is 110 Å². The lowest BCUT2D eigenvalue weighted by Gasteiger charge is -2.42. The van der Waals surface area contributed by atoms with Crippen LogP contribution in [0.3, 0.4) is 0 Å². The number of nitrogens with two attached hydrogens (primary N) is 3. The highest BCUT2D eigenvalue weighted by Crippen LogP contribution is 2.40. The van der Waals surface area contributed by atoms with E-state index >= 15 is 0 Å². The van der Waals surface area contributed by atoms with Crippen LogP contribution in [0.15, 0.2) is 94.7 Å². The van der Waals surface area contributed by atoms with Crippen molar-refractivity contribution in [1.82, 2.24) is 50.1 Å². The zero-order chi connectivity index (χ0) is 93.7. The van der Waals surface area contributed by atoms with Crippen LogP contribution in [-0.2, 0) is 105 Å². The van der Waals surface area contributed by atoms with Crippen LogP contribution in [0.1, 0.15) is 155 Å². The number of hydrogen-bond donors (Lipinski definition) is 8. The first-order valence-electron chi connectivity index (χ1n) is 46.5. The van der Waals surface area contributed by atoms with Gasteiger partial charge in [-0.1, -0.05) is 82.4 Å². The maximum Gasteiger partial charge on any atom is 0.407 e. The van der Waals surface area contributed by atoms with Crippen molar-refractivity contribution in [1.29, 1.82) is 0 Å². The topological polar surface area (TPSA) is 472 Å². The van der Waals surface area contributed by atoms with Crippen molar-refractivity contribution in [2.75, 3.05) is 151 Å². The fraction of sp³-hybridized carbons (Fsp3) is 0.653. The fourth-order valence-corrected chi connectivity index (χ4v) is 18.3. The number of nitrogens with one attached hydrogen (secondary N) is 2. The van der Waals surface area contributed by atoms with Gasteiger partial charge in [0.15, 0.2) is 17.0 Å². The van der Waals surface area contributed by atoms with Gasteiger partial charge in [0.2, 0.25) is 17.6 Å². The van der Waals surface area contributed by atoms with Crippen LogP contribution in [0.2, 0.25) is 0 Å². The summed E-state index contributed by atoms with van der Waals surface area (Å²) >= 11 is 0. The summed E-state index contributed by atoms with van der Waals surface area (Å²) in [6, 6.07) is 9.87. The van der Waals surface area contributed by atoms with Crippen LogP contribution in [0.25, 0.3) is 33.4 Å². The fourth-order valence-electron chi connectivity index (χ4n) is 18.3. The van der Waals surface area contributed by atoms with E-state index in [1.165, 1.54) is 26.1 Å². The summed E-state index contributed by atoms with van der Waals surface area (Å²) in [5, 5.41) is 47.3. The number of oxazole rings is 1. The number of alkyl carbamates (subject to hydrolysis) is 1. The van der Waals surface area contributed by atoms with Crippen LogP contribution >= 0.6 is 0 Å². The maximum absolute atomic E-state index is 14.7. The number of ether oxygens (including phenoxy) is 12. The molecule has 2 bridgehead atoms. The van der Waals surface area contributed by atoms with E-state index in [0.717, 1.165) is 46.4 Å². The molecular weight excluding hydrogens is 1690 g/mol. The molecule has 4 fully saturated rings. The number of carbonyl (C=O) groups is 7. The number of aliphatic hydroxyl groups is 3. The number of hydrogen-bond acceptors (Lipinski definition) is 31. The first-order chi connectivity index (χ1) is 63.1. The zero-order valence-corrected chi connectivity index (χ0v) is 77.5. The summed E-state index contributed by atoms with van der Waals surface area (Å²) in [4.78, 5) is 116. The molecule has 8 heterocycles. The van der Waals surface area contributed by atoms with Gasteiger partial charge >= 0.3 is 12.1 Å². The Morgan fingerprint density at radius 3 is 2.13 bits per heavy atom. The number of Topliss-reactive ketones (excluding diaryl/α,β-unsaturated/α-hetero) is 2. The van der Waals surface area contributed by atoms with Gasteiger partial charge in [-0.15, -0.1) is 0 Å². The number of benzene rings is 2. The maximum atomic E-state index is 14.7. The van der Waals surface area contributed by atoms with E-state index in [9.17, 15) is 48.9 Å². The molecule has 2 aromatic carbocycles. The highest BCUT2D eigenvalue weighted by atomic mass is 16.6. The highest BCUT2D eigenvalue weighted by molar-refractivity contribution is 6.39. The quantitative estimate of drug-likeness (QED) is 0.00872. The second kappa shape index (κ2) is 50.8. The number of fused-ring (bicyclic) bond motifs is 6. The standard InChI is InChI=1S/C95H139N13O23/c1-59-15-11-10-12-16-60(2)78(119-7)53-71-23-18-64(6)95(118,131-71)88(114)91(115)107-31-14-13-17-74(107)92(116)128-79(54-75(109)61(3)48-63(5)86(113)87(121-9)85(112)62(4)47-59)72(96)50-65-20-24-77(80(51-65)120-8)130-94(117)99-30-36-123-38-40-125-42-44-127-46-45-126-43-41-124-39-37-122-35-29-81(110)102-70-27-32-105(33-28-70)57-82(111)106-34-26-67-49-66(19-21-69(67)56-106)55-108-90-83(89(97)100-58-101-90)84(104-108)68-22-25-76-73(52-68)103-93(98)129-76/h10-12,15-16,19,21-22,25,48-49,52,58-59,61-62,64-65,70-72,74-75,77-80,86-87,109,113,118H,13-14,17-18,20,23-24,26-47,50-51,53-57,96H2,1-9H3,(H2,98,103)(H,99,117)(H,102,110)(H2,97,100,101)/b12-10+,15-11+,60-16+,63-48+/t59-,61-,62-,64-,65+,71+,72-,74+,75-,77-,78+,79+,80-,86-,87+,95-/m1/s1. The number of cyclic esters (lactones) is 1. The van der Waals surface area contributed by atoms with Gasteiger partial charge in [0.05, 0.1) is 122 Å². The monoisotopic (exact) mass is 1830 g/mol. The molecule has 4 amide bonds. The average Bonchev–Trinajstić information content (AvgIpc) is 1.59. The van der Waals surface area contributed by atoms with E-state index in [0.29, 0.717) is 189 Å². The molecule has 6 aliphatic rings. The SMILES string of the molecule is CO[C@H]1C[C@@H]2CC[C@@H](C)[C@@](O)(O2)C(=O)C(=O)N2CCCC[C@H]2C(=O)O[C@H]([C@H](N)C[C@@H]2CC[C@@H](OC(=O)NCCOCCOCCOCCOCCOCCOCCC(=O)NC3CCN(CC(=O)N4CCc5cc(Cn6nc(-c7ccc8oc(N)nc8c7)c7c(N)ncnc76)ccc5C4)CC3)[C@H](OC)C2)C[C@@H](O)[C@H](C)/C=C(\C)[C@@H](O)[C@@H](OC)C(=O)[C@H](C)C[C@H](C)/C=C/C=C/C=C/1C. The number of allylic oxidation sites excluding steroid dienone is 5. The number of nitrogens with zero attached hydrogens (tertiary/aromatic N) is 8. The first-order valence-corrected chi connectivity index (χ1v) is 46.5. The van der Waals surface area contributed by atoms with E-state index in [1.54, 1.807) is 46.9 Å². The molecule has 0 spiro atoms. The van der Waals surface area contributed by atoms with Crippen molar-refractivity contribution in [3.8, 4) is 11.3 Å². The Kier molecular flexibility index (Phi) is 39.8. The number of anilines is 2. The van der Waals surface area contributed by atoms with Gasteiger partial charge in [0.1, 0.15) is 53.8 Å². The van der Waals surface area contributed by atoms with Gasteiger partial charge in [-0.2, -0.15) is 10.1 Å². The van der Waals surface area contributed by atoms with Crippen LogP contribution < -0.4 is 27.8 Å². The predicted molar refractivity (Wildman–Crippen MR) is 486 cm³/mol. The molecule has 0 radical (unpaired) electrons. The summed E-state index contributed by atoms with van der Waals surface area (Å²) < 4.78 is 77.0. The number of likely N-dealkylation sites (tertiary alicyclic amines) is 1. The van der Waals surface area contributed by atoms with Crippen LogP contribution in [-0.4, -0.2) is 309 Å². The lowest BCUT2D eigenvalue weighted by Crippen LogP contribution is -2.61. The molecule has 1 saturated carbocycles. The summed E-state index contributed by atoms with van der Waals surface area (Å²) in [7, 11) is 4.47. The average molecular weight is 1830 g/mol. The third-order valence-electron chi connectivity index (χ3n) is 26.0. The molecule has 5 aliphatic heterocycles. The largest absolute Gasteiger partial charge is 0.459 e. The summed E-state index contributed by atoms with van der Waals surface area (Å²) in [6.07, 6.45) is 11.5. The molecule has 3 saturated heterocycles. The summed E-state index contributed by atoms with van der Waals surface area (Å²) in [6.45, 7) is 18.2. The number of amides is 4. The summed E-state index contributed by atoms with van der Waals surface area (Å²) in [5.41, 5.74) is 27.1. The van der Waals surface area contributed by atoms with Crippen molar-refractivity contribution in [2.24, 2.45) is 35.3 Å². The molecule has 36 nitrogen and oxygen atoms in total. The molecule has 5 aromatic rings. The zero-order valence-electron chi connectivity index (χ0n) is 77.5. The molecule has 36 heteroatoms. The third kappa shape index (κ3) is 29.2. The number of aliphatic hydroxyl groups excluding tert-OH is 2. The molecule has 0 unspecified atom stereocenters. The Hall–Kier alpha value is -9.09. The van der Waals surface area contributed by atoms with Gasteiger partial charge in [-0.3, -0.25) is 28.9 Å². The molecule has 11 N–H and O–H groups in total. The third-order valence-corrected chi connectivity index (χ3v) is 26.0. The Labute approximate surface area is 767 Å². The number of aromatic nitrogens is 5. The number of nitrogen functional groups attached to an aromatic ring is 2. The normalized spacial score (nSPS) is 28.0.